The fourth-order valence-corrected chi connectivity index (χ4v) is 4.30. The van der Waals surface area contributed by atoms with Gasteiger partial charge in [-0.25, -0.2) is 18.4 Å². The lowest BCUT2D eigenvalue weighted by Crippen LogP contribution is -2.31. The highest BCUT2D eigenvalue weighted by molar-refractivity contribution is 7.88. The number of aromatic hydroxyl groups is 1. The van der Waals surface area contributed by atoms with Crippen molar-refractivity contribution in [3.05, 3.63) is 76.0 Å². The van der Waals surface area contributed by atoms with E-state index in [2.05, 4.69) is 15.3 Å². The van der Waals surface area contributed by atoms with E-state index in [0.717, 1.165) is 11.1 Å². The van der Waals surface area contributed by atoms with Gasteiger partial charge in [-0.15, -0.1) is 0 Å². The molecule has 35 heavy (non-hydrogen) atoms. The Balaban J connectivity index is 1.69. The number of rotatable bonds is 12. The summed E-state index contributed by atoms with van der Waals surface area (Å²) >= 11 is 0. The predicted octanol–water partition coefficient (Wildman–Crippen LogP) is 2.52. The van der Waals surface area contributed by atoms with Crippen molar-refractivity contribution in [3.8, 4) is 17.0 Å². The van der Waals surface area contributed by atoms with Crippen molar-refractivity contribution in [3.63, 3.8) is 0 Å². The van der Waals surface area contributed by atoms with Gasteiger partial charge in [-0.2, -0.15) is 4.31 Å². The van der Waals surface area contributed by atoms with Crippen LogP contribution in [-0.2, 0) is 23.0 Å². The first-order chi connectivity index (χ1) is 16.7. The summed E-state index contributed by atoms with van der Waals surface area (Å²) in [5.41, 5.74) is 8.20. The predicted molar refractivity (Wildman–Crippen MR) is 133 cm³/mol. The van der Waals surface area contributed by atoms with Crippen molar-refractivity contribution in [2.75, 3.05) is 31.2 Å². The summed E-state index contributed by atoms with van der Waals surface area (Å²) in [6, 6.07) is 13.5. The zero-order chi connectivity index (χ0) is 25.4. The first-order valence-electron chi connectivity index (χ1n) is 10.9. The Bertz CT molecular complexity index is 1280. The molecule has 1 aromatic heterocycles. The third-order valence-electron chi connectivity index (χ3n) is 5.25. The quantitative estimate of drug-likeness (QED) is 0.250. The maximum atomic E-state index is 12.1. The van der Waals surface area contributed by atoms with Gasteiger partial charge in [0.15, 0.2) is 5.75 Å². The third kappa shape index (κ3) is 7.44. The van der Waals surface area contributed by atoms with Gasteiger partial charge in [-0.1, -0.05) is 24.3 Å². The number of phenols is 1. The maximum Gasteiger partial charge on any atom is 0.310 e. The first-order valence-corrected chi connectivity index (χ1v) is 12.8. The van der Waals surface area contributed by atoms with E-state index in [1.165, 1.54) is 22.7 Å². The van der Waals surface area contributed by atoms with E-state index < -0.39 is 14.9 Å². The number of sulfonamides is 1. The minimum atomic E-state index is -3.37. The van der Waals surface area contributed by atoms with Crippen LogP contribution < -0.4 is 11.1 Å². The van der Waals surface area contributed by atoms with Crippen LogP contribution in [0.3, 0.4) is 0 Å². The summed E-state index contributed by atoms with van der Waals surface area (Å²) in [6.07, 6.45) is 3.85. The van der Waals surface area contributed by atoms with Crippen molar-refractivity contribution < 1.29 is 18.4 Å². The number of nitrogens with one attached hydrogen (secondary N) is 1. The molecule has 0 spiro atoms. The van der Waals surface area contributed by atoms with Gasteiger partial charge in [-0.3, -0.25) is 10.1 Å². The lowest BCUT2D eigenvalue weighted by molar-refractivity contribution is -0.385. The number of phenolic OH excluding ortho intramolecular Hbond substituents is 1. The number of aromatic nitrogens is 2. The van der Waals surface area contributed by atoms with Crippen LogP contribution in [0.2, 0.25) is 0 Å². The van der Waals surface area contributed by atoms with Gasteiger partial charge in [0.1, 0.15) is 0 Å². The van der Waals surface area contributed by atoms with Crippen molar-refractivity contribution >= 4 is 21.7 Å². The molecule has 0 saturated heterocycles. The van der Waals surface area contributed by atoms with Crippen LogP contribution in [0.1, 0.15) is 17.5 Å². The molecular weight excluding hydrogens is 472 g/mol. The molecule has 0 unspecified atom stereocenters. The minimum absolute atomic E-state index is 0.238. The van der Waals surface area contributed by atoms with Gasteiger partial charge in [0.25, 0.3) is 0 Å². The Kier molecular flexibility index (Phi) is 8.68. The van der Waals surface area contributed by atoms with Crippen molar-refractivity contribution in [1.82, 2.24) is 14.3 Å². The minimum Gasteiger partial charge on any atom is -0.502 e. The highest BCUT2D eigenvalue weighted by Gasteiger charge is 2.17. The summed E-state index contributed by atoms with van der Waals surface area (Å²) in [7, 11) is -3.37. The number of benzene rings is 2. The molecule has 0 bridgehead atoms. The molecule has 0 fully saturated rings. The van der Waals surface area contributed by atoms with Crippen LogP contribution >= 0.6 is 0 Å². The molecule has 11 nitrogen and oxygen atoms in total. The molecule has 0 radical (unpaired) electrons. The molecule has 0 atom stereocenters. The Hall–Kier alpha value is -3.61. The molecule has 2 aromatic carbocycles. The standard InChI is InChI=1S/C23H28N6O5S/c1-35(33,34)28(13-3-10-24)16-18-4-2-5-19(14-18)20-9-12-26-23(27-20)25-11-8-17-6-7-22(30)21(15-17)29(31)32/h2,4-7,9,12,14-15,30H,3,8,10-11,13,16,24H2,1H3,(H,25,26,27). The molecule has 0 aliphatic carbocycles. The molecule has 3 rings (SSSR count). The van der Waals surface area contributed by atoms with Gasteiger partial charge in [-0.05, 0) is 48.7 Å². The highest BCUT2D eigenvalue weighted by atomic mass is 32.2. The van der Waals surface area contributed by atoms with E-state index in [0.29, 0.717) is 49.7 Å². The van der Waals surface area contributed by atoms with E-state index >= 15 is 0 Å². The number of nitrogens with zero attached hydrogens (tertiary/aromatic N) is 4. The van der Waals surface area contributed by atoms with E-state index in [1.807, 2.05) is 24.3 Å². The van der Waals surface area contributed by atoms with Gasteiger partial charge < -0.3 is 16.2 Å². The zero-order valence-electron chi connectivity index (χ0n) is 19.3. The van der Waals surface area contributed by atoms with Gasteiger partial charge in [0.2, 0.25) is 16.0 Å². The van der Waals surface area contributed by atoms with Crippen LogP contribution in [0.15, 0.2) is 54.7 Å². The third-order valence-corrected chi connectivity index (χ3v) is 6.50. The average Bonchev–Trinajstić information content (AvgIpc) is 2.82. The van der Waals surface area contributed by atoms with E-state index in [-0.39, 0.29) is 18.0 Å². The van der Waals surface area contributed by atoms with Gasteiger partial charge >= 0.3 is 5.69 Å². The normalized spacial score (nSPS) is 11.5. The van der Waals surface area contributed by atoms with Crippen LogP contribution in [0.5, 0.6) is 5.75 Å². The Morgan fingerprint density at radius 1 is 1.17 bits per heavy atom. The van der Waals surface area contributed by atoms with Crippen LogP contribution in [0.4, 0.5) is 11.6 Å². The Morgan fingerprint density at radius 3 is 2.69 bits per heavy atom. The highest BCUT2D eigenvalue weighted by Crippen LogP contribution is 2.26. The molecule has 0 aliphatic rings. The summed E-state index contributed by atoms with van der Waals surface area (Å²) in [4.78, 5) is 19.1. The van der Waals surface area contributed by atoms with Crippen LogP contribution in [0, 0.1) is 10.1 Å². The van der Waals surface area contributed by atoms with E-state index in [9.17, 15) is 23.6 Å². The topological polar surface area (TPSA) is 165 Å². The van der Waals surface area contributed by atoms with Crippen LogP contribution in [0.25, 0.3) is 11.3 Å². The Labute approximate surface area is 203 Å². The SMILES string of the molecule is CS(=O)(=O)N(CCCN)Cc1cccc(-c2ccnc(NCCc3ccc(O)c([N+](=O)[O-])c3)n2)c1. The number of hydrogen-bond donors (Lipinski definition) is 3. The number of nitrogens with two attached hydrogens (primary N) is 1. The molecule has 12 heteroatoms. The largest absolute Gasteiger partial charge is 0.502 e. The Morgan fingerprint density at radius 2 is 1.97 bits per heavy atom. The van der Waals surface area contributed by atoms with E-state index in [1.54, 1.807) is 18.3 Å². The van der Waals surface area contributed by atoms with Gasteiger partial charge in [0, 0.05) is 37.5 Å². The monoisotopic (exact) mass is 500 g/mol. The number of nitro groups is 1. The molecule has 3 aromatic rings. The molecular formula is C23H28N6O5S. The molecule has 0 saturated carbocycles. The van der Waals surface area contributed by atoms with Crippen LogP contribution in [-0.4, -0.2) is 58.6 Å². The summed E-state index contributed by atoms with van der Waals surface area (Å²) < 4.78 is 25.6. The summed E-state index contributed by atoms with van der Waals surface area (Å²) in [5.74, 6) is 0.0194. The fraction of sp³-hybridized carbons (Fsp3) is 0.304. The number of hydrogen-bond acceptors (Lipinski definition) is 9. The fourth-order valence-electron chi connectivity index (χ4n) is 3.46. The zero-order valence-corrected chi connectivity index (χ0v) is 20.1. The molecule has 0 amide bonds. The molecule has 4 N–H and O–H groups in total. The van der Waals surface area contributed by atoms with Crippen molar-refractivity contribution in [2.45, 2.75) is 19.4 Å². The lowest BCUT2D eigenvalue weighted by Gasteiger charge is -2.20. The first kappa shape index (κ1) is 26.0. The smallest absolute Gasteiger partial charge is 0.310 e. The van der Waals surface area contributed by atoms with Crippen molar-refractivity contribution in [2.24, 2.45) is 5.73 Å². The molecule has 0 aliphatic heterocycles. The van der Waals surface area contributed by atoms with Crippen molar-refractivity contribution in [1.29, 1.82) is 0 Å². The second-order valence-electron chi connectivity index (χ2n) is 7.96. The summed E-state index contributed by atoms with van der Waals surface area (Å²) in [6.45, 7) is 1.43. The van der Waals surface area contributed by atoms with Gasteiger partial charge in [0.05, 0.1) is 16.9 Å². The van der Waals surface area contributed by atoms with E-state index in [4.69, 9.17) is 5.73 Å². The summed E-state index contributed by atoms with van der Waals surface area (Å²) in [5, 5.41) is 23.7. The maximum absolute atomic E-state index is 12.1. The molecule has 1 heterocycles. The average molecular weight is 501 g/mol. The molecule has 186 valence electrons. The second-order valence-corrected chi connectivity index (χ2v) is 9.94. The number of nitro benzene ring substituents is 1. The second kappa shape index (κ2) is 11.7. The lowest BCUT2D eigenvalue weighted by atomic mass is 10.1. The number of anilines is 1.